The zero-order valence-electron chi connectivity index (χ0n) is 10.6. The molecular formula is C14H19NO3. The Labute approximate surface area is 107 Å². The molecule has 18 heavy (non-hydrogen) atoms. The fraction of sp³-hybridized carbons (Fsp3) is 0.500. The molecule has 0 bridgehead atoms. The second-order valence-corrected chi connectivity index (χ2v) is 4.84. The van der Waals surface area contributed by atoms with Crippen molar-refractivity contribution in [2.75, 3.05) is 13.2 Å². The van der Waals surface area contributed by atoms with E-state index in [2.05, 4.69) is 5.32 Å². The summed E-state index contributed by atoms with van der Waals surface area (Å²) in [4.78, 5) is 11.9. The van der Waals surface area contributed by atoms with E-state index in [4.69, 9.17) is 4.74 Å². The van der Waals surface area contributed by atoms with Gasteiger partial charge in [-0.3, -0.25) is 4.79 Å². The molecule has 0 radical (unpaired) electrons. The van der Waals surface area contributed by atoms with Gasteiger partial charge in [0.2, 0.25) is 5.91 Å². The number of nitrogens with one attached hydrogen (secondary N) is 1. The SMILES string of the molecule is C[C@H](Cc1ccc(O)cc1)NC(=O)[C@@H]1CCOC1. The molecule has 0 saturated carbocycles. The van der Waals surface area contributed by atoms with Gasteiger partial charge in [-0.05, 0) is 37.5 Å². The lowest BCUT2D eigenvalue weighted by Crippen LogP contribution is -2.38. The van der Waals surface area contributed by atoms with Gasteiger partial charge in [0.15, 0.2) is 0 Å². The monoisotopic (exact) mass is 249 g/mol. The largest absolute Gasteiger partial charge is 0.508 e. The van der Waals surface area contributed by atoms with Crippen LogP contribution in [0.2, 0.25) is 0 Å². The molecule has 1 heterocycles. The van der Waals surface area contributed by atoms with Crippen molar-refractivity contribution < 1.29 is 14.6 Å². The van der Waals surface area contributed by atoms with Gasteiger partial charge in [0.25, 0.3) is 0 Å². The second kappa shape index (κ2) is 5.87. The van der Waals surface area contributed by atoms with E-state index in [0.29, 0.717) is 13.2 Å². The van der Waals surface area contributed by atoms with Crippen LogP contribution < -0.4 is 5.32 Å². The number of hydrogen-bond donors (Lipinski definition) is 2. The summed E-state index contributed by atoms with van der Waals surface area (Å²) in [6, 6.07) is 7.15. The third-order valence-electron chi connectivity index (χ3n) is 3.17. The molecule has 0 aliphatic carbocycles. The molecular weight excluding hydrogens is 230 g/mol. The van der Waals surface area contributed by atoms with E-state index in [1.54, 1.807) is 12.1 Å². The first-order chi connectivity index (χ1) is 8.65. The van der Waals surface area contributed by atoms with E-state index >= 15 is 0 Å². The average molecular weight is 249 g/mol. The molecule has 2 rings (SSSR count). The van der Waals surface area contributed by atoms with Crippen LogP contribution in [0.25, 0.3) is 0 Å². The third-order valence-corrected chi connectivity index (χ3v) is 3.17. The summed E-state index contributed by atoms with van der Waals surface area (Å²) in [5, 5.41) is 12.2. The molecule has 1 aliphatic rings. The van der Waals surface area contributed by atoms with E-state index < -0.39 is 0 Å². The number of carbonyl (C=O) groups is 1. The predicted octanol–water partition coefficient (Wildman–Crippen LogP) is 1.48. The van der Waals surface area contributed by atoms with Gasteiger partial charge in [0.1, 0.15) is 5.75 Å². The topological polar surface area (TPSA) is 58.6 Å². The van der Waals surface area contributed by atoms with Crippen molar-refractivity contribution in [3.63, 3.8) is 0 Å². The Balaban J connectivity index is 1.82. The van der Waals surface area contributed by atoms with Crippen molar-refractivity contribution >= 4 is 5.91 Å². The van der Waals surface area contributed by atoms with E-state index in [1.807, 2.05) is 19.1 Å². The Morgan fingerprint density at radius 3 is 2.83 bits per heavy atom. The molecule has 0 spiro atoms. The van der Waals surface area contributed by atoms with Crippen LogP contribution in [0.15, 0.2) is 24.3 Å². The summed E-state index contributed by atoms with van der Waals surface area (Å²) in [6.45, 7) is 3.21. The highest BCUT2D eigenvalue weighted by Crippen LogP contribution is 2.14. The van der Waals surface area contributed by atoms with Crippen LogP contribution in [0.3, 0.4) is 0 Å². The maximum atomic E-state index is 11.9. The minimum atomic E-state index is 0.00673. The average Bonchev–Trinajstić information content (AvgIpc) is 2.85. The normalized spacial score (nSPS) is 20.6. The number of ether oxygens (including phenoxy) is 1. The van der Waals surface area contributed by atoms with Gasteiger partial charge in [-0.15, -0.1) is 0 Å². The molecule has 4 heteroatoms. The van der Waals surface area contributed by atoms with Gasteiger partial charge in [-0.2, -0.15) is 0 Å². The van der Waals surface area contributed by atoms with Crippen molar-refractivity contribution in [3.05, 3.63) is 29.8 Å². The zero-order valence-corrected chi connectivity index (χ0v) is 10.6. The molecule has 0 aromatic heterocycles. The van der Waals surface area contributed by atoms with Gasteiger partial charge in [-0.25, -0.2) is 0 Å². The molecule has 2 atom stereocenters. The quantitative estimate of drug-likeness (QED) is 0.849. The molecule has 1 aliphatic heterocycles. The number of aromatic hydroxyl groups is 1. The van der Waals surface area contributed by atoms with E-state index in [1.165, 1.54) is 0 Å². The summed E-state index contributed by atoms with van der Waals surface area (Å²) >= 11 is 0. The summed E-state index contributed by atoms with van der Waals surface area (Å²) in [5.74, 6) is 0.351. The molecule has 1 saturated heterocycles. The number of rotatable bonds is 4. The lowest BCUT2D eigenvalue weighted by Gasteiger charge is -2.16. The lowest BCUT2D eigenvalue weighted by atomic mass is 10.0. The molecule has 1 aromatic rings. The maximum Gasteiger partial charge on any atom is 0.225 e. The summed E-state index contributed by atoms with van der Waals surface area (Å²) in [5.41, 5.74) is 1.10. The van der Waals surface area contributed by atoms with Crippen molar-refractivity contribution in [1.29, 1.82) is 0 Å². The fourth-order valence-electron chi connectivity index (χ4n) is 2.14. The van der Waals surface area contributed by atoms with Crippen molar-refractivity contribution in [2.24, 2.45) is 5.92 Å². The Morgan fingerprint density at radius 2 is 2.22 bits per heavy atom. The van der Waals surface area contributed by atoms with Gasteiger partial charge in [-0.1, -0.05) is 12.1 Å². The van der Waals surface area contributed by atoms with Crippen LogP contribution in [0.4, 0.5) is 0 Å². The highest BCUT2D eigenvalue weighted by molar-refractivity contribution is 5.79. The Morgan fingerprint density at radius 1 is 1.50 bits per heavy atom. The molecule has 0 unspecified atom stereocenters. The summed E-state index contributed by atoms with van der Waals surface area (Å²) in [7, 11) is 0. The first-order valence-electron chi connectivity index (χ1n) is 6.31. The van der Waals surface area contributed by atoms with Crippen LogP contribution >= 0.6 is 0 Å². The van der Waals surface area contributed by atoms with Crippen LogP contribution in [0.1, 0.15) is 18.9 Å². The number of hydrogen-bond acceptors (Lipinski definition) is 3. The Hall–Kier alpha value is -1.55. The van der Waals surface area contributed by atoms with Gasteiger partial charge < -0.3 is 15.2 Å². The smallest absolute Gasteiger partial charge is 0.225 e. The van der Waals surface area contributed by atoms with E-state index in [0.717, 1.165) is 18.4 Å². The van der Waals surface area contributed by atoms with Gasteiger partial charge in [0, 0.05) is 12.6 Å². The van der Waals surface area contributed by atoms with Gasteiger partial charge in [0.05, 0.1) is 12.5 Å². The Bertz CT molecular complexity index is 396. The minimum Gasteiger partial charge on any atom is -0.508 e. The highest BCUT2D eigenvalue weighted by atomic mass is 16.5. The molecule has 1 amide bonds. The number of phenolic OH excluding ortho intramolecular Hbond substituents is 1. The second-order valence-electron chi connectivity index (χ2n) is 4.84. The molecule has 98 valence electrons. The zero-order chi connectivity index (χ0) is 13.0. The number of amides is 1. The van der Waals surface area contributed by atoms with E-state index in [-0.39, 0.29) is 23.6 Å². The van der Waals surface area contributed by atoms with Crippen molar-refractivity contribution in [1.82, 2.24) is 5.32 Å². The summed E-state index contributed by atoms with van der Waals surface area (Å²) in [6.07, 6.45) is 1.58. The third kappa shape index (κ3) is 3.47. The maximum absolute atomic E-state index is 11.9. The van der Waals surface area contributed by atoms with Crippen LogP contribution in [-0.2, 0) is 16.0 Å². The molecule has 1 aromatic carbocycles. The van der Waals surface area contributed by atoms with Crippen LogP contribution in [0.5, 0.6) is 5.75 Å². The van der Waals surface area contributed by atoms with Gasteiger partial charge >= 0.3 is 0 Å². The van der Waals surface area contributed by atoms with Crippen molar-refractivity contribution in [2.45, 2.75) is 25.8 Å². The summed E-state index contributed by atoms with van der Waals surface area (Å²) < 4.78 is 5.20. The lowest BCUT2D eigenvalue weighted by molar-refractivity contribution is -0.125. The molecule has 4 nitrogen and oxygen atoms in total. The van der Waals surface area contributed by atoms with Crippen LogP contribution in [0, 0.1) is 5.92 Å². The van der Waals surface area contributed by atoms with Crippen LogP contribution in [-0.4, -0.2) is 30.3 Å². The number of phenols is 1. The van der Waals surface area contributed by atoms with E-state index in [9.17, 15) is 9.90 Å². The fourth-order valence-corrected chi connectivity index (χ4v) is 2.14. The number of benzene rings is 1. The minimum absolute atomic E-state index is 0.00673. The molecule has 2 N–H and O–H groups in total. The first kappa shape index (κ1) is 12.9. The predicted molar refractivity (Wildman–Crippen MR) is 68.3 cm³/mol. The van der Waals surface area contributed by atoms with Crippen molar-refractivity contribution in [3.8, 4) is 5.75 Å². The first-order valence-corrected chi connectivity index (χ1v) is 6.31. The number of carbonyl (C=O) groups excluding carboxylic acids is 1. The highest BCUT2D eigenvalue weighted by Gasteiger charge is 2.24. The standard InChI is InChI=1S/C14H19NO3/c1-10(8-11-2-4-13(16)5-3-11)15-14(17)12-6-7-18-9-12/h2-5,10,12,16H,6-9H2,1H3,(H,15,17)/t10-,12-/m1/s1. The Kier molecular flexibility index (Phi) is 4.20. The molecule has 1 fully saturated rings.